The second-order valence-electron chi connectivity index (χ2n) is 6.07. The van der Waals surface area contributed by atoms with E-state index >= 15 is 0 Å². The van der Waals surface area contributed by atoms with Crippen molar-refractivity contribution in [1.82, 2.24) is 9.38 Å². The molecule has 1 atom stereocenters. The molecule has 0 saturated heterocycles. The van der Waals surface area contributed by atoms with Gasteiger partial charge in [-0.25, -0.2) is 4.98 Å². The summed E-state index contributed by atoms with van der Waals surface area (Å²) in [5.74, 6) is 0.859. The fourth-order valence-corrected chi connectivity index (χ4v) is 2.82. The molecule has 0 aliphatic heterocycles. The fraction of sp³-hybridized carbons (Fsp3) is 0.350. The number of fused-ring (bicyclic) bond motifs is 1. The van der Waals surface area contributed by atoms with Crippen LogP contribution in [0.25, 0.3) is 16.9 Å². The van der Waals surface area contributed by atoms with Crippen LogP contribution in [0.3, 0.4) is 0 Å². The lowest BCUT2D eigenvalue weighted by molar-refractivity contribution is 0.168. The second kappa shape index (κ2) is 7.05. The van der Waals surface area contributed by atoms with Crippen molar-refractivity contribution in [2.45, 2.75) is 39.7 Å². The molecule has 3 rings (SSSR count). The zero-order valence-corrected chi connectivity index (χ0v) is 14.5. The number of aryl methyl sites for hydroxylation is 1. The summed E-state index contributed by atoms with van der Waals surface area (Å²) in [5, 5.41) is 10.5. The van der Waals surface area contributed by atoms with Crippen LogP contribution in [-0.2, 0) is 0 Å². The number of hydrogen-bond acceptors (Lipinski definition) is 3. The van der Waals surface area contributed by atoms with Crippen molar-refractivity contribution in [1.29, 1.82) is 0 Å². The van der Waals surface area contributed by atoms with E-state index in [0.717, 1.165) is 40.3 Å². The van der Waals surface area contributed by atoms with Crippen LogP contribution in [0.4, 0.5) is 0 Å². The first kappa shape index (κ1) is 16.5. The quantitative estimate of drug-likeness (QED) is 0.724. The molecule has 0 aliphatic rings. The van der Waals surface area contributed by atoms with E-state index in [1.54, 1.807) is 0 Å². The van der Waals surface area contributed by atoms with Gasteiger partial charge in [0.2, 0.25) is 0 Å². The first-order chi connectivity index (χ1) is 11.6. The summed E-state index contributed by atoms with van der Waals surface area (Å²) in [6.45, 7) is 6.83. The van der Waals surface area contributed by atoms with E-state index in [1.165, 1.54) is 0 Å². The van der Waals surface area contributed by atoms with Crippen LogP contribution < -0.4 is 4.74 Å². The molecule has 4 nitrogen and oxygen atoms in total. The predicted octanol–water partition coefficient (Wildman–Crippen LogP) is 4.54. The first-order valence-corrected chi connectivity index (χ1v) is 8.54. The molecule has 0 bridgehead atoms. The summed E-state index contributed by atoms with van der Waals surface area (Å²) in [6.07, 6.45) is 3.06. The van der Waals surface area contributed by atoms with Crippen molar-refractivity contribution >= 4 is 5.65 Å². The molecular weight excluding hydrogens is 300 g/mol. The minimum atomic E-state index is -0.547. The van der Waals surface area contributed by atoms with Crippen molar-refractivity contribution in [3.8, 4) is 17.0 Å². The highest BCUT2D eigenvalue weighted by atomic mass is 16.5. The monoisotopic (exact) mass is 324 g/mol. The van der Waals surface area contributed by atoms with Gasteiger partial charge in [-0.3, -0.25) is 0 Å². The Hall–Kier alpha value is -2.33. The zero-order valence-electron chi connectivity index (χ0n) is 14.5. The summed E-state index contributed by atoms with van der Waals surface area (Å²) >= 11 is 0. The Morgan fingerprint density at radius 2 is 1.92 bits per heavy atom. The highest BCUT2D eigenvalue weighted by molar-refractivity contribution is 5.68. The predicted molar refractivity (Wildman–Crippen MR) is 96.4 cm³/mol. The summed E-state index contributed by atoms with van der Waals surface area (Å²) in [6, 6.07) is 12.0. The van der Waals surface area contributed by atoms with Crippen molar-refractivity contribution < 1.29 is 9.84 Å². The molecular formula is C20H24N2O2. The maximum atomic E-state index is 10.5. The number of ether oxygens (including phenoxy) is 1. The van der Waals surface area contributed by atoms with Crippen LogP contribution in [0.5, 0.6) is 5.75 Å². The van der Waals surface area contributed by atoms with Gasteiger partial charge in [-0.2, -0.15) is 0 Å². The normalized spacial score (nSPS) is 12.5. The number of rotatable bonds is 6. The van der Waals surface area contributed by atoms with Crippen molar-refractivity contribution in [2.75, 3.05) is 6.61 Å². The lowest BCUT2D eigenvalue weighted by atomic mass is 10.1. The Morgan fingerprint density at radius 1 is 1.17 bits per heavy atom. The molecule has 0 saturated carbocycles. The Labute approximate surface area is 142 Å². The van der Waals surface area contributed by atoms with Crippen LogP contribution in [0.15, 0.2) is 42.6 Å². The number of imidazole rings is 1. The van der Waals surface area contributed by atoms with E-state index in [0.29, 0.717) is 13.0 Å². The minimum Gasteiger partial charge on any atom is -0.494 e. The van der Waals surface area contributed by atoms with Crippen LogP contribution in [0.2, 0.25) is 0 Å². The Kier molecular flexibility index (Phi) is 4.86. The highest BCUT2D eigenvalue weighted by Gasteiger charge is 2.19. The Morgan fingerprint density at radius 3 is 2.58 bits per heavy atom. The van der Waals surface area contributed by atoms with Gasteiger partial charge in [-0.05, 0) is 61.7 Å². The third-order valence-electron chi connectivity index (χ3n) is 4.12. The molecule has 24 heavy (non-hydrogen) atoms. The van der Waals surface area contributed by atoms with E-state index in [-0.39, 0.29) is 0 Å². The summed E-state index contributed by atoms with van der Waals surface area (Å²) in [7, 11) is 0. The number of aliphatic hydroxyl groups is 1. The van der Waals surface area contributed by atoms with Gasteiger partial charge >= 0.3 is 0 Å². The third kappa shape index (κ3) is 3.15. The lowest BCUT2D eigenvalue weighted by Gasteiger charge is -2.11. The molecule has 0 spiro atoms. The molecule has 2 heterocycles. The van der Waals surface area contributed by atoms with Gasteiger partial charge in [0.25, 0.3) is 0 Å². The largest absolute Gasteiger partial charge is 0.494 e. The smallest absolute Gasteiger partial charge is 0.138 e. The molecule has 3 aromatic rings. The van der Waals surface area contributed by atoms with Gasteiger partial charge in [0.15, 0.2) is 0 Å². The molecule has 1 unspecified atom stereocenters. The average Bonchev–Trinajstić information content (AvgIpc) is 2.98. The highest BCUT2D eigenvalue weighted by Crippen LogP contribution is 2.31. The molecule has 1 aromatic carbocycles. The van der Waals surface area contributed by atoms with Gasteiger partial charge in [0.05, 0.1) is 24.1 Å². The average molecular weight is 324 g/mol. The Balaban J connectivity index is 2.07. The van der Waals surface area contributed by atoms with Crippen LogP contribution >= 0.6 is 0 Å². The summed E-state index contributed by atoms with van der Waals surface area (Å²) < 4.78 is 7.63. The molecule has 0 radical (unpaired) electrons. The first-order valence-electron chi connectivity index (χ1n) is 8.54. The molecule has 0 fully saturated rings. The number of aliphatic hydroxyl groups excluding tert-OH is 1. The van der Waals surface area contributed by atoms with Crippen molar-refractivity contribution in [3.05, 3.63) is 53.9 Å². The zero-order chi connectivity index (χ0) is 17.1. The van der Waals surface area contributed by atoms with E-state index < -0.39 is 6.10 Å². The molecule has 0 aliphatic carbocycles. The number of benzene rings is 1. The molecule has 4 heteroatoms. The number of hydrogen-bond donors (Lipinski definition) is 1. The van der Waals surface area contributed by atoms with Crippen LogP contribution in [0.1, 0.15) is 44.1 Å². The summed E-state index contributed by atoms with van der Waals surface area (Å²) in [5.41, 5.74) is 4.67. The van der Waals surface area contributed by atoms with Crippen molar-refractivity contribution in [3.63, 3.8) is 0 Å². The standard InChI is InChI=1S/C20H24N2O2/c1-4-12-24-16-8-6-15(7-9-16)19-20(17(23)5-2)22-11-10-14(3)13-18(22)21-19/h6-11,13,17,23H,4-5,12H2,1-3H3. The van der Waals surface area contributed by atoms with Crippen molar-refractivity contribution in [2.24, 2.45) is 0 Å². The molecule has 0 amide bonds. The van der Waals surface area contributed by atoms with E-state index in [4.69, 9.17) is 9.72 Å². The number of aromatic nitrogens is 2. The Bertz CT molecular complexity index is 822. The SMILES string of the molecule is CCCOc1ccc(-c2nc3cc(C)ccn3c2C(O)CC)cc1. The lowest BCUT2D eigenvalue weighted by Crippen LogP contribution is -2.02. The van der Waals surface area contributed by atoms with Gasteiger partial charge in [-0.15, -0.1) is 0 Å². The number of pyridine rings is 1. The van der Waals surface area contributed by atoms with E-state index in [1.807, 2.05) is 60.8 Å². The maximum Gasteiger partial charge on any atom is 0.138 e. The van der Waals surface area contributed by atoms with Crippen LogP contribution in [-0.4, -0.2) is 21.1 Å². The fourth-order valence-electron chi connectivity index (χ4n) is 2.82. The van der Waals surface area contributed by atoms with E-state index in [9.17, 15) is 5.11 Å². The molecule has 2 aromatic heterocycles. The second-order valence-corrected chi connectivity index (χ2v) is 6.07. The van der Waals surface area contributed by atoms with Gasteiger partial charge in [0, 0.05) is 11.8 Å². The van der Waals surface area contributed by atoms with Crippen LogP contribution in [0, 0.1) is 6.92 Å². The minimum absolute atomic E-state index is 0.547. The van der Waals surface area contributed by atoms with Gasteiger partial charge in [-0.1, -0.05) is 13.8 Å². The maximum absolute atomic E-state index is 10.5. The van der Waals surface area contributed by atoms with Gasteiger partial charge in [0.1, 0.15) is 11.4 Å². The molecule has 126 valence electrons. The van der Waals surface area contributed by atoms with E-state index in [2.05, 4.69) is 6.92 Å². The number of nitrogens with zero attached hydrogens (tertiary/aromatic N) is 2. The van der Waals surface area contributed by atoms with Gasteiger partial charge < -0.3 is 14.2 Å². The third-order valence-corrected chi connectivity index (χ3v) is 4.12. The molecule has 1 N–H and O–H groups in total. The summed E-state index contributed by atoms with van der Waals surface area (Å²) in [4.78, 5) is 4.77. The topological polar surface area (TPSA) is 46.8 Å².